The highest BCUT2D eigenvalue weighted by Crippen LogP contribution is 2.43. The van der Waals surface area contributed by atoms with Crippen molar-refractivity contribution >= 4 is 28.6 Å². The van der Waals surface area contributed by atoms with Gasteiger partial charge in [-0.3, -0.25) is 0 Å². The number of carboxylic acids is 1. The molecule has 0 saturated heterocycles. The Balaban J connectivity index is 1.66. The van der Waals surface area contributed by atoms with Crippen LogP contribution in [0.1, 0.15) is 28.3 Å². The molecule has 3 aromatic rings. The van der Waals surface area contributed by atoms with Crippen LogP contribution < -0.4 is 11.1 Å². The third kappa shape index (κ3) is 2.62. The first-order valence-electron chi connectivity index (χ1n) is 7.74. The van der Waals surface area contributed by atoms with Crippen LogP contribution in [0.4, 0.5) is 11.8 Å². The summed E-state index contributed by atoms with van der Waals surface area (Å²) in [6.07, 6.45) is 1.01. The van der Waals surface area contributed by atoms with E-state index in [1.165, 1.54) is 11.6 Å². The molecule has 6 heteroatoms. The van der Waals surface area contributed by atoms with E-state index in [4.69, 9.17) is 5.73 Å². The molecular formula is C18H16N4O2. The minimum Gasteiger partial charge on any atom is -0.478 e. The lowest BCUT2D eigenvalue weighted by atomic mass is 10.1. The second-order valence-electron chi connectivity index (χ2n) is 5.97. The van der Waals surface area contributed by atoms with E-state index in [0.717, 1.165) is 6.42 Å². The zero-order valence-corrected chi connectivity index (χ0v) is 12.8. The fraction of sp³-hybridized carbons (Fsp3) is 0.167. The molecule has 1 aromatic heterocycles. The lowest BCUT2D eigenvalue weighted by Crippen LogP contribution is -2.09. The van der Waals surface area contributed by atoms with Crippen LogP contribution in [0.5, 0.6) is 0 Å². The molecule has 6 nitrogen and oxygen atoms in total. The van der Waals surface area contributed by atoms with Gasteiger partial charge in [-0.05, 0) is 30.2 Å². The third-order valence-corrected chi connectivity index (χ3v) is 4.30. The Labute approximate surface area is 138 Å². The van der Waals surface area contributed by atoms with E-state index < -0.39 is 5.97 Å². The molecule has 120 valence electrons. The number of nitrogen functional groups attached to an aromatic ring is 1. The van der Waals surface area contributed by atoms with Crippen molar-refractivity contribution in [2.45, 2.75) is 18.4 Å². The van der Waals surface area contributed by atoms with E-state index in [2.05, 4.69) is 27.4 Å². The van der Waals surface area contributed by atoms with Crippen LogP contribution in [0.15, 0.2) is 48.5 Å². The van der Waals surface area contributed by atoms with Crippen molar-refractivity contribution in [2.24, 2.45) is 0 Å². The van der Waals surface area contributed by atoms with Crippen LogP contribution >= 0.6 is 0 Å². The molecule has 4 N–H and O–H groups in total. The van der Waals surface area contributed by atoms with Gasteiger partial charge in [0.15, 0.2) is 0 Å². The van der Waals surface area contributed by atoms with Gasteiger partial charge in [-0.2, -0.15) is 4.98 Å². The monoisotopic (exact) mass is 320 g/mol. The largest absolute Gasteiger partial charge is 0.478 e. The molecule has 0 radical (unpaired) electrons. The number of nitrogens with one attached hydrogen (secondary N) is 1. The van der Waals surface area contributed by atoms with Crippen molar-refractivity contribution in [2.75, 3.05) is 11.1 Å². The van der Waals surface area contributed by atoms with E-state index in [9.17, 15) is 9.90 Å². The lowest BCUT2D eigenvalue weighted by molar-refractivity contribution is 0.0697. The van der Waals surface area contributed by atoms with Crippen molar-refractivity contribution in [1.29, 1.82) is 0 Å². The van der Waals surface area contributed by atoms with Crippen molar-refractivity contribution in [3.63, 3.8) is 0 Å². The van der Waals surface area contributed by atoms with Crippen LogP contribution in [-0.2, 0) is 0 Å². The van der Waals surface area contributed by atoms with E-state index >= 15 is 0 Å². The summed E-state index contributed by atoms with van der Waals surface area (Å²) in [4.78, 5) is 19.7. The van der Waals surface area contributed by atoms with Gasteiger partial charge in [-0.25, -0.2) is 9.78 Å². The number of anilines is 2. The van der Waals surface area contributed by atoms with Gasteiger partial charge in [0.2, 0.25) is 5.95 Å². The highest BCUT2D eigenvalue weighted by atomic mass is 16.4. The summed E-state index contributed by atoms with van der Waals surface area (Å²) in [5.41, 5.74) is 7.91. The molecule has 0 aliphatic heterocycles. The first kappa shape index (κ1) is 14.4. The number of nitrogens with two attached hydrogens (primary N) is 1. The molecule has 0 bridgehead atoms. The van der Waals surface area contributed by atoms with Crippen molar-refractivity contribution in [3.05, 3.63) is 59.7 Å². The second-order valence-corrected chi connectivity index (χ2v) is 5.97. The van der Waals surface area contributed by atoms with Crippen LogP contribution in [0.2, 0.25) is 0 Å². The van der Waals surface area contributed by atoms with Crippen LogP contribution in [0, 0.1) is 0 Å². The topological polar surface area (TPSA) is 101 Å². The number of carboxylic acid groups (broad SMARTS) is 1. The number of hydrogen-bond donors (Lipinski definition) is 3. The van der Waals surface area contributed by atoms with Crippen LogP contribution in [-0.4, -0.2) is 27.1 Å². The van der Waals surface area contributed by atoms with Crippen molar-refractivity contribution in [3.8, 4) is 0 Å². The predicted octanol–water partition coefficient (Wildman–Crippen LogP) is 2.88. The van der Waals surface area contributed by atoms with Gasteiger partial charge < -0.3 is 16.2 Å². The molecule has 1 aliphatic rings. The molecule has 2 atom stereocenters. The number of hydrogen-bond acceptors (Lipinski definition) is 5. The number of carbonyl (C=O) groups is 1. The average Bonchev–Trinajstić information content (AvgIpc) is 3.34. The van der Waals surface area contributed by atoms with E-state index in [0.29, 0.717) is 22.6 Å². The smallest absolute Gasteiger partial charge is 0.335 e. The molecule has 0 spiro atoms. The van der Waals surface area contributed by atoms with Gasteiger partial charge in [-0.1, -0.05) is 30.3 Å². The van der Waals surface area contributed by atoms with Gasteiger partial charge in [-0.15, -0.1) is 0 Å². The molecular weight excluding hydrogens is 304 g/mol. The van der Waals surface area contributed by atoms with Gasteiger partial charge in [0, 0.05) is 17.3 Å². The van der Waals surface area contributed by atoms with Gasteiger partial charge in [0.05, 0.1) is 11.1 Å². The Morgan fingerprint density at radius 2 is 1.96 bits per heavy atom. The molecule has 1 heterocycles. The average molecular weight is 320 g/mol. The van der Waals surface area contributed by atoms with Crippen LogP contribution in [0.3, 0.4) is 0 Å². The SMILES string of the molecule is Nc1nc(N[C@@H]2C[C@H]2c2ccccc2)c2cc(C(=O)O)ccc2n1. The summed E-state index contributed by atoms with van der Waals surface area (Å²) in [5, 5.41) is 13.2. The van der Waals surface area contributed by atoms with Crippen molar-refractivity contribution in [1.82, 2.24) is 9.97 Å². The Morgan fingerprint density at radius 3 is 2.71 bits per heavy atom. The van der Waals surface area contributed by atoms with E-state index in [1.807, 2.05) is 18.2 Å². The second kappa shape index (κ2) is 5.49. The lowest BCUT2D eigenvalue weighted by Gasteiger charge is -2.10. The molecule has 0 unspecified atom stereocenters. The molecule has 24 heavy (non-hydrogen) atoms. The summed E-state index contributed by atoms with van der Waals surface area (Å²) in [7, 11) is 0. The number of benzene rings is 2. The normalized spacial score (nSPS) is 19.2. The fourth-order valence-corrected chi connectivity index (χ4v) is 2.99. The Morgan fingerprint density at radius 1 is 1.17 bits per heavy atom. The molecule has 1 saturated carbocycles. The highest BCUT2D eigenvalue weighted by Gasteiger charge is 2.38. The van der Waals surface area contributed by atoms with Gasteiger partial charge in [0.25, 0.3) is 0 Å². The molecule has 0 amide bonds. The quantitative estimate of drug-likeness (QED) is 0.683. The molecule has 4 rings (SSSR count). The Bertz CT molecular complexity index is 927. The van der Waals surface area contributed by atoms with Crippen molar-refractivity contribution < 1.29 is 9.90 Å². The maximum Gasteiger partial charge on any atom is 0.335 e. The number of aromatic nitrogens is 2. The zero-order valence-electron chi connectivity index (χ0n) is 12.8. The summed E-state index contributed by atoms with van der Waals surface area (Å²) < 4.78 is 0. The summed E-state index contributed by atoms with van der Waals surface area (Å²) in [6, 6.07) is 15.3. The molecule has 1 aliphatic carbocycles. The summed E-state index contributed by atoms with van der Waals surface area (Å²) in [5.74, 6) is 0.211. The van der Waals surface area contributed by atoms with E-state index in [1.54, 1.807) is 12.1 Å². The standard InChI is InChI=1S/C18H16N4O2/c19-18-21-14-7-6-11(17(23)24)8-13(14)16(22-18)20-15-9-12(15)10-4-2-1-3-5-10/h1-8,12,15H,9H2,(H,23,24)(H3,19,20,21,22)/t12-,15+/m0/s1. The van der Waals surface area contributed by atoms with Gasteiger partial charge in [0.1, 0.15) is 5.82 Å². The maximum absolute atomic E-state index is 11.2. The maximum atomic E-state index is 11.2. The zero-order chi connectivity index (χ0) is 16.7. The number of rotatable bonds is 4. The fourth-order valence-electron chi connectivity index (χ4n) is 2.99. The highest BCUT2D eigenvalue weighted by molar-refractivity contribution is 5.97. The Kier molecular flexibility index (Phi) is 3.30. The number of fused-ring (bicyclic) bond motifs is 1. The van der Waals surface area contributed by atoms with E-state index in [-0.39, 0.29) is 17.6 Å². The van der Waals surface area contributed by atoms with Gasteiger partial charge >= 0.3 is 5.97 Å². The van der Waals surface area contributed by atoms with Crippen LogP contribution in [0.25, 0.3) is 10.9 Å². The Hall–Kier alpha value is -3.15. The minimum absolute atomic E-state index is 0.171. The first-order chi connectivity index (χ1) is 11.6. The minimum atomic E-state index is -0.978. The predicted molar refractivity (Wildman–Crippen MR) is 92.1 cm³/mol. The third-order valence-electron chi connectivity index (χ3n) is 4.30. The summed E-state index contributed by atoms with van der Waals surface area (Å²) in [6.45, 7) is 0. The number of nitrogens with zero attached hydrogens (tertiary/aromatic N) is 2. The summed E-state index contributed by atoms with van der Waals surface area (Å²) >= 11 is 0. The number of aromatic carboxylic acids is 1. The first-order valence-corrected chi connectivity index (χ1v) is 7.74. The molecule has 2 aromatic carbocycles. The molecule has 1 fully saturated rings.